The van der Waals surface area contributed by atoms with Gasteiger partial charge in [0.2, 0.25) is 0 Å². The second-order valence-electron chi connectivity index (χ2n) is 14.4. The smallest absolute Gasteiger partial charge is 0.182 e. The monoisotopic (exact) mass is 719 g/mol. The van der Waals surface area contributed by atoms with E-state index in [9.17, 15) is 0 Å². The molecule has 55 heavy (non-hydrogen) atoms. The van der Waals surface area contributed by atoms with Gasteiger partial charge in [0.25, 0.3) is 0 Å². The van der Waals surface area contributed by atoms with E-state index in [0.29, 0.717) is 5.82 Å². The van der Waals surface area contributed by atoms with Gasteiger partial charge in [0.05, 0.1) is 0 Å². The van der Waals surface area contributed by atoms with Crippen LogP contribution in [-0.4, -0.2) is 14.6 Å². The Balaban J connectivity index is 1.17. The first-order valence-corrected chi connectivity index (χ1v) is 20.5. The zero-order chi connectivity index (χ0) is 36.5. The van der Waals surface area contributed by atoms with Crippen LogP contribution in [0, 0.1) is 0 Å². The number of fused-ring (bicyclic) bond motifs is 7. The van der Waals surface area contributed by atoms with Crippen molar-refractivity contribution in [1.82, 2.24) is 14.6 Å². The predicted octanol–water partition coefficient (Wildman–Crippen LogP) is 14.2. The summed E-state index contributed by atoms with van der Waals surface area (Å²) in [4.78, 5) is 5.33. The lowest BCUT2D eigenvalue weighted by molar-refractivity contribution is 0.968. The average molecular weight is 720 g/mol. The summed E-state index contributed by atoms with van der Waals surface area (Å²) in [5.74, 6) is 0.696. The van der Waals surface area contributed by atoms with E-state index in [0.717, 1.165) is 44.6 Å². The molecule has 0 aliphatic heterocycles. The van der Waals surface area contributed by atoms with Crippen LogP contribution in [-0.2, 0) is 6.66 Å². The molecular weight excluding hydrogens is 686 g/mol. The van der Waals surface area contributed by atoms with E-state index in [2.05, 4.69) is 195 Å². The van der Waals surface area contributed by atoms with Gasteiger partial charge in [-0.2, -0.15) is 0 Å². The first-order chi connectivity index (χ1) is 27.2. The Bertz CT molecular complexity index is 3270. The number of benzene rings is 8. The van der Waals surface area contributed by atoms with Crippen LogP contribution in [0.5, 0.6) is 0 Å². The highest BCUT2D eigenvalue weighted by Crippen LogP contribution is 2.48. The van der Waals surface area contributed by atoms with Crippen molar-refractivity contribution in [3.8, 4) is 55.9 Å². The summed E-state index contributed by atoms with van der Waals surface area (Å²) < 4.78 is 1.97. The molecule has 0 amide bonds. The van der Waals surface area contributed by atoms with Crippen LogP contribution < -0.4 is 0 Å². The second-order valence-corrected chi connectivity index (χ2v) is 16.5. The molecule has 3 nitrogen and oxygen atoms in total. The van der Waals surface area contributed by atoms with Crippen LogP contribution in [0.4, 0.5) is 0 Å². The molecule has 11 aromatic rings. The molecule has 1 unspecified atom stereocenters. The van der Waals surface area contributed by atoms with Gasteiger partial charge in [-0.25, -0.2) is 9.50 Å². The Labute approximate surface area is 319 Å². The molecule has 0 saturated carbocycles. The van der Waals surface area contributed by atoms with Gasteiger partial charge >= 0.3 is 0 Å². The molecule has 3 heterocycles. The summed E-state index contributed by atoms with van der Waals surface area (Å²) in [5, 5.41) is 15.8. The minimum atomic E-state index is -0.440. The van der Waals surface area contributed by atoms with Crippen LogP contribution in [0.3, 0.4) is 0 Å². The highest BCUT2D eigenvalue weighted by Gasteiger charge is 2.18. The van der Waals surface area contributed by atoms with Gasteiger partial charge in [-0.15, -0.1) is 12.6 Å². The highest BCUT2D eigenvalue weighted by atomic mass is 31.1. The van der Waals surface area contributed by atoms with Gasteiger partial charge < -0.3 is 0 Å². The lowest BCUT2D eigenvalue weighted by Crippen LogP contribution is -1.93. The van der Waals surface area contributed by atoms with E-state index in [1.807, 2.05) is 4.52 Å². The lowest BCUT2D eigenvalue weighted by atomic mass is 9.90. The van der Waals surface area contributed by atoms with E-state index in [4.69, 9.17) is 10.1 Å². The van der Waals surface area contributed by atoms with E-state index >= 15 is 0 Å². The molecule has 11 rings (SSSR count). The second kappa shape index (κ2) is 12.7. The maximum Gasteiger partial charge on any atom is 0.182 e. The number of pyridine rings is 1. The molecule has 4 heteroatoms. The fraction of sp³-hybridized carbons (Fsp3) is 0.0196. The number of nitrogens with zero attached hydrogens (tertiary/aromatic N) is 3. The van der Waals surface area contributed by atoms with Crippen molar-refractivity contribution < 1.29 is 0 Å². The molecule has 3 aromatic heterocycles. The van der Waals surface area contributed by atoms with Crippen LogP contribution in [0.15, 0.2) is 188 Å². The number of aryl methyl sites for hydroxylation is 1. The molecule has 0 radical (unpaired) electrons. The van der Waals surface area contributed by atoms with Crippen LogP contribution >= 0.6 is 7.53 Å². The standard InChI is InChI=1S/C51H34N3P/c1-55-48-23-13-12-22-44(48)45-25-24-35(31-49(45)55)37-26-38(46-29-36-18-8-9-19-41(36)42-20-10-11-21-43(42)46)28-39(27-37)50-52-51-47(34-16-6-3-7-17-34)30-40(32-54(51)53-50)33-14-4-2-5-15-33/h2-32H,1H3. The molecule has 0 bridgehead atoms. The summed E-state index contributed by atoms with van der Waals surface area (Å²) in [5.41, 5.74) is 10.9. The molecular formula is C51H34N3P. The Morgan fingerprint density at radius 3 is 1.85 bits per heavy atom. The maximum atomic E-state index is 5.33. The van der Waals surface area contributed by atoms with Gasteiger partial charge in [-0.3, -0.25) is 0 Å². The fourth-order valence-electron chi connectivity index (χ4n) is 8.44. The summed E-state index contributed by atoms with van der Waals surface area (Å²) in [6, 6.07) is 66.0. The number of hydrogen-bond donors (Lipinski definition) is 0. The number of hydrogen-bond acceptors (Lipinski definition) is 2. The minimum absolute atomic E-state index is 0.440. The summed E-state index contributed by atoms with van der Waals surface area (Å²) in [7, 11) is -0.440. The van der Waals surface area contributed by atoms with E-state index in [1.165, 1.54) is 53.7 Å². The van der Waals surface area contributed by atoms with Crippen LogP contribution in [0.25, 0.3) is 104 Å². The van der Waals surface area contributed by atoms with E-state index < -0.39 is 7.53 Å². The topological polar surface area (TPSA) is 30.2 Å². The molecule has 0 spiro atoms. The molecule has 0 aliphatic rings. The van der Waals surface area contributed by atoms with Gasteiger partial charge in [0.1, 0.15) is 0 Å². The van der Waals surface area contributed by atoms with Crippen molar-refractivity contribution in [3.05, 3.63) is 188 Å². The van der Waals surface area contributed by atoms with E-state index in [1.54, 1.807) is 0 Å². The molecule has 1 atom stereocenters. The molecule has 0 aliphatic carbocycles. The third kappa shape index (κ3) is 5.28. The van der Waals surface area contributed by atoms with Crippen molar-refractivity contribution in [3.63, 3.8) is 0 Å². The third-order valence-corrected chi connectivity index (χ3v) is 13.3. The van der Waals surface area contributed by atoms with Crippen molar-refractivity contribution >= 4 is 55.7 Å². The van der Waals surface area contributed by atoms with E-state index in [-0.39, 0.29) is 0 Å². The maximum absolute atomic E-state index is 5.33. The van der Waals surface area contributed by atoms with Gasteiger partial charge in [0.15, 0.2) is 11.5 Å². The normalized spacial score (nSPS) is 12.1. The zero-order valence-electron chi connectivity index (χ0n) is 30.2. The third-order valence-electron chi connectivity index (χ3n) is 11.1. The van der Waals surface area contributed by atoms with Crippen molar-refractivity contribution in [1.29, 1.82) is 0 Å². The fourth-order valence-corrected chi connectivity index (χ4v) is 10.5. The van der Waals surface area contributed by atoms with Crippen molar-refractivity contribution in [2.45, 2.75) is 0 Å². The van der Waals surface area contributed by atoms with Gasteiger partial charge in [-0.05, 0) is 109 Å². The number of rotatable bonds is 5. The Morgan fingerprint density at radius 1 is 0.400 bits per heavy atom. The number of aromatic nitrogens is 3. The lowest BCUT2D eigenvalue weighted by Gasteiger charge is -2.14. The van der Waals surface area contributed by atoms with Gasteiger partial charge in [-0.1, -0.05) is 146 Å². The zero-order valence-corrected chi connectivity index (χ0v) is 31.1. The quantitative estimate of drug-likeness (QED) is 0.166. The largest absolute Gasteiger partial charge is 0.219 e. The molecule has 8 aromatic carbocycles. The Kier molecular flexibility index (Phi) is 7.30. The highest BCUT2D eigenvalue weighted by molar-refractivity contribution is 7.59. The molecule has 0 saturated heterocycles. The van der Waals surface area contributed by atoms with Gasteiger partial charge in [0, 0.05) is 33.1 Å². The van der Waals surface area contributed by atoms with Crippen LogP contribution in [0.2, 0.25) is 0 Å². The molecule has 0 N–H and O–H groups in total. The Hall–Kier alpha value is -6.80. The first-order valence-electron chi connectivity index (χ1n) is 18.7. The predicted molar refractivity (Wildman–Crippen MR) is 234 cm³/mol. The minimum Gasteiger partial charge on any atom is -0.219 e. The first kappa shape index (κ1) is 31.7. The average Bonchev–Trinajstić information content (AvgIpc) is 3.82. The SMILES string of the molecule is Cp1c2ccccc2c2ccc(-c3cc(-c4nc5c(-c6ccccc6)cc(-c6ccccc6)cn5n4)cc(-c4cc5ccccc5c5ccccc45)c3)cc21. The summed E-state index contributed by atoms with van der Waals surface area (Å²) in [6.45, 7) is 2.39. The van der Waals surface area contributed by atoms with Crippen molar-refractivity contribution in [2.24, 2.45) is 6.66 Å². The summed E-state index contributed by atoms with van der Waals surface area (Å²) in [6.07, 6.45) is 2.11. The van der Waals surface area contributed by atoms with Crippen molar-refractivity contribution in [2.75, 3.05) is 0 Å². The molecule has 0 fully saturated rings. The van der Waals surface area contributed by atoms with Crippen LogP contribution in [0.1, 0.15) is 0 Å². The summed E-state index contributed by atoms with van der Waals surface area (Å²) >= 11 is 0. The molecule has 258 valence electrons. The Morgan fingerprint density at radius 2 is 1.04 bits per heavy atom.